The molecule has 1 N–H and O–H groups in total. The van der Waals surface area contributed by atoms with Gasteiger partial charge in [-0.15, -0.1) is 0 Å². The number of urea groups is 1. The number of nitrogens with one attached hydrogen (secondary N) is 1. The SMILES string of the molecule is Cc1cccc(CC2CN(C(=O)NCCc3cc(C)no3)C2)c1. The molecule has 2 heterocycles. The van der Waals surface area contributed by atoms with Gasteiger partial charge >= 0.3 is 6.03 Å². The Labute approximate surface area is 136 Å². The number of aryl methyl sites for hydroxylation is 2. The lowest BCUT2D eigenvalue weighted by molar-refractivity contribution is 0.120. The maximum absolute atomic E-state index is 12.0. The molecule has 1 aliphatic heterocycles. The molecule has 0 radical (unpaired) electrons. The number of carbonyl (C=O) groups is 1. The Morgan fingerprint density at radius 2 is 2.17 bits per heavy atom. The molecule has 5 heteroatoms. The van der Waals surface area contributed by atoms with Crippen molar-refractivity contribution >= 4 is 6.03 Å². The number of hydrogen-bond donors (Lipinski definition) is 1. The third-order valence-corrected chi connectivity index (χ3v) is 4.18. The minimum absolute atomic E-state index is 0.0155. The van der Waals surface area contributed by atoms with Crippen molar-refractivity contribution in [3.63, 3.8) is 0 Å². The molecule has 5 nitrogen and oxygen atoms in total. The lowest BCUT2D eigenvalue weighted by atomic mass is 9.92. The van der Waals surface area contributed by atoms with E-state index in [1.165, 1.54) is 11.1 Å². The maximum Gasteiger partial charge on any atom is 0.317 e. The number of nitrogens with zero attached hydrogens (tertiary/aromatic N) is 2. The first-order valence-corrected chi connectivity index (χ1v) is 8.10. The van der Waals surface area contributed by atoms with Crippen LogP contribution >= 0.6 is 0 Å². The smallest absolute Gasteiger partial charge is 0.317 e. The van der Waals surface area contributed by atoms with E-state index in [0.717, 1.165) is 31.0 Å². The summed E-state index contributed by atoms with van der Waals surface area (Å²) in [6, 6.07) is 10.5. The van der Waals surface area contributed by atoms with Crippen molar-refractivity contribution in [3.05, 3.63) is 52.9 Å². The molecule has 0 atom stereocenters. The average Bonchev–Trinajstić information content (AvgIpc) is 2.88. The second-order valence-corrected chi connectivity index (χ2v) is 6.38. The molecule has 1 fully saturated rings. The Bertz CT molecular complexity index is 674. The van der Waals surface area contributed by atoms with Crippen LogP contribution in [0, 0.1) is 19.8 Å². The number of hydrogen-bond acceptors (Lipinski definition) is 3. The van der Waals surface area contributed by atoms with Gasteiger partial charge in [-0.3, -0.25) is 0 Å². The summed E-state index contributed by atoms with van der Waals surface area (Å²) in [6.07, 6.45) is 1.72. The molecule has 0 bridgehead atoms. The summed E-state index contributed by atoms with van der Waals surface area (Å²) >= 11 is 0. The molecular formula is C18H23N3O2. The van der Waals surface area contributed by atoms with E-state index in [1.807, 2.05) is 17.9 Å². The molecule has 2 aromatic rings. The normalized spacial score (nSPS) is 14.6. The highest BCUT2D eigenvalue weighted by Crippen LogP contribution is 2.20. The first kappa shape index (κ1) is 15.6. The van der Waals surface area contributed by atoms with Crippen LogP contribution in [0.25, 0.3) is 0 Å². The Balaban J connectivity index is 1.36. The zero-order chi connectivity index (χ0) is 16.2. The summed E-state index contributed by atoms with van der Waals surface area (Å²) in [5, 5.41) is 6.77. The topological polar surface area (TPSA) is 58.4 Å². The highest BCUT2D eigenvalue weighted by Gasteiger charge is 2.30. The molecule has 0 aliphatic carbocycles. The first-order valence-electron chi connectivity index (χ1n) is 8.10. The fourth-order valence-corrected chi connectivity index (χ4v) is 2.98. The summed E-state index contributed by atoms with van der Waals surface area (Å²) in [6.45, 7) is 6.25. The zero-order valence-electron chi connectivity index (χ0n) is 13.7. The monoisotopic (exact) mass is 313 g/mol. The lowest BCUT2D eigenvalue weighted by Crippen LogP contribution is -2.54. The number of aromatic nitrogens is 1. The summed E-state index contributed by atoms with van der Waals surface area (Å²) in [5.74, 6) is 1.38. The van der Waals surface area contributed by atoms with E-state index >= 15 is 0 Å². The van der Waals surface area contributed by atoms with Crippen LogP contribution in [-0.4, -0.2) is 35.7 Å². The summed E-state index contributed by atoms with van der Waals surface area (Å²) in [7, 11) is 0. The van der Waals surface area contributed by atoms with E-state index in [9.17, 15) is 4.79 Å². The van der Waals surface area contributed by atoms with Gasteiger partial charge in [0.15, 0.2) is 0 Å². The van der Waals surface area contributed by atoms with E-state index in [2.05, 4.69) is 41.7 Å². The number of amides is 2. The summed E-state index contributed by atoms with van der Waals surface area (Å²) in [4.78, 5) is 13.9. The third kappa shape index (κ3) is 4.12. The Morgan fingerprint density at radius 3 is 2.87 bits per heavy atom. The van der Waals surface area contributed by atoms with Crippen molar-refractivity contribution in [1.29, 1.82) is 0 Å². The van der Waals surface area contributed by atoms with Gasteiger partial charge in [-0.25, -0.2) is 4.79 Å². The second kappa shape index (κ2) is 6.86. The molecule has 1 aromatic heterocycles. The van der Waals surface area contributed by atoms with Gasteiger partial charge in [-0.1, -0.05) is 35.0 Å². The zero-order valence-corrected chi connectivity index (χ0v) is 13.7. The minimum Gasteiger partial charge on any atom is -0.361 e. The Kier molecular flexibility index (Phi) is 4.65. The minimum atomic E-state index is 0.0155. The van der Waals surface area contributed by atoms with Crippen molar-refractivity contribution < 1.29 is 9.32 Å². The number of rotatable bonds is 5. The second-order valence-electron chi connectivity index (χ2n) is 6.38. The molecule has 0 spiro atoms. The summed E-state index contributed by atoms with van der Waals surface area (Å²) < 4.78 is 5.13. The van der Waals surface area contributed by atoms with Gasteiger partial charge in [-0.05, 0) is 31.7 Å². The van der Waals surface area contributed by atoms with Crippen LogP contribution in [-0.2, 0) is 12.8 Å². The largest absolute Gasteiger partial charge is 0.361 e. The van der Waals surface area contributed by atoms with Gasteiger partial charge in [0.2, 0.25) is 0 Å². The van der Waals surface area contributed by atoms with Crippen LogP contribution < -0.4 is 5.32 Å². The average molecular weight is 313 g/mol. The molecule has 23 heavy (non-hydrogen) atoms. The molecular weight excluding hydrogens is 290 g/mol. The van der Waals surface area contributed by atoms with Crippen LogP contribution in [0.5, 0.6) is 0 Å². The molecule has 0 unspecified atom stereocenters. The van der Waals surface area contributed by atoms with Crippen molar-refractivity contribution in [1.82, 2.24) is 15.4 Å². The van der Waals surface area contributed by atoms with E-state index in [4.69, 9.17) is 4.52 Å². The highest BCUT2D eigenvalue weighted by atomic mass is 16.5. The van der Waals surface area contributed by atoms with Crippen LogP contribution in [0.1, 0.15) is 22.6 Å². The van der Waals surface area contributed by atoms with Gasteiger partial charge in [0, 0.05) is 32.1 Å². The van der Waals surface area contributed by atoms with Gasteiger partial charge < -0.3 is 14.7 Å². The molecule has 3 rings (SSSR count). The van der Waals surface area contributed by atoms with Gasteiger partial charge in [0.05, 0.1) is 5.69 Å². The summed E-state index contributed by atoms with van der Waals surface area (Å²) in [5.41, 5.74) is 3.52. The Hall–Kier alpha value is -2.30. The van der Waals surface area contributed by atoms with E-state index in [0.29, 0.717) is 18.9 Å². The van der Waals surface area contributed by atoms with Gasteiger partial charge in [-0.2, -0.15) is 0 Å². The van der Waals surface area contributed by atoms with Gasteiger partial charge in [0.25, 0.3) is 0 Å². The molecule has 0 saturated carbocycles. The van der Waals surface area contributed by atoms with Crippen LogP contribution in [0.2, 0.25) is 0 Å². The molecule has 1 aliphatic rings. The maximum atomic E-state index is 12.0. The number of benzene rings is 1. The van der Waals surface area contributed by atoms with Gasteiger partial charge in [0.1, 0.15) is 5.76 Å². The van der Waals surface area contributed by atoms with Crippen molar-refractivity contribution in [2.75, 3.05) is 19.6 Å². The fraction of sp³-hybridized carbons (Fsp3) is 0.444. The van der Waals surface area contributed by atoms with Crippen LogP contribution in [0.4, 0.5) is 4.79 Å². The standard InChI is InChI=1S/C18H23N3O2/c1-13-4-3-5-15(8-13)10-16-11-21(12-16)18(22)19-7-6-17-9-14(2)20-23-17/h3-5,8-9,16H,6-7,10-12H2,1-2H3,(H,19,22). The highest BCUT2D eigenvalue weighted by molar-refractivity contribution is 5.75. The predicted molar refractivity (Wildman–Crippen MR) is 88.3 cm³/mol. The molecule has 1 saturated heterocycles. The number of carbonyl (C=O) groups excluding carboxylic acids is 1. The van der Waals surface area contributed by atoms with E-state index < -0.39 is 0 Å². The van der Waals surface area contributed by atoms with Crippen LogP contribution in [0.3, 0.4) is 0 Å². The van der Waals surface area contributed by atoms with E-state index in [1.54, 1.807) is 0 Å². The van der Waals surface area contributed by atoms with Crippen molar-refractivity contribution in [2.24, 2.45) is 5.92 Å². The molecule has 122 valence electrons. The predicted octanol–water partition coefficient (Wildman–Crippen LogP) is 2.72. The van der Waals surface area contributed by atoms with Crippen molar-refractivity contribution in [2.45, 2.75) is 26.7 Å². The number of likely N-dealkylation sites (tertiary alicyclic amines) is 1. The molecule has 1 aromatic carbocycles. The Morgan fingerprint density at radius 1 is 1.35 bits per heavy atom. The van der Waals surface area contributed by atoms with E-state index in [-0.39, 0.29) is 6.03 Å². The lowest BCUT2D eigenvalue weighted by Gasteiger charge is -2.39. The van der Waals surface area contributed by atoms with Crippen molar-refractivity contribution in [3.8, 4) is 0 Å². The fourth-order valence-electron chi connectivity index (χ4n) is 2.98. The first-order chi connectivity index (χ1) is 11.1. The third-order valence-electron chi connectivity index (χ3n) is 4.18. The van der Waals surface area contributed by atoms with Crippen LogP contribution in [0.15, 0.2) is 34.9 Å². The quantitative estimate of drug-likeness (QED) is 0.923. The molecule has 2 amide bonds.